The molecule has 2 atom stereocenters. The molecule has 4 heterocycles. The van der Waals surface area contributed by atoms with Gasteiger partial charge in [-0.1, -0.05) is 6.92 Å². The van der Waals surface area contributed by atoms with Crippen molar-refractivity contribution in [1.82, 2.24) is 18.6 Å². The molecule has 1 amide bonds. The predicted octanol–water partition coefficient (Wildman–Crippen LogP) is 3.05. The molecule has 0 bridgehead atoms. The SMILES string of the molecule is CCN(C)S(=O)(=O)NC(=O)c1cnn2ccc(N3CCC[C@@H]3c3cc(F)cc(O[C@H]4CCOC4)c3)c(F)c12. The molecule has 2 aromatic heterocycles. The van der Waals surface area contributed by atoms with E-state index in [9.17, 15) is 17.6 Å². The molecular formula is C25H29F2N5O5S. The highest BCUT2D eigenvalue weighted by atomic mass is 32.2. The van der Waals surface area contributed by atoms with Gasteiger partial charge in [-0.15, -0.1) is 0 Å². The number of amides is 1. The maximum Gasteiger partial charge on any atom is 0.303 e. The van der Waals surface area contributed by atoms with Gasteiger partial charge in [0.05, 0.1) is 36.7 Å². The van der Waals surface area contributed by atoms with Crippen LogP contribution in [-0.2, 0) is 14.9 Å². The number of ether oxygens (including phenoxy) is 2. The molecule has 0 unspecified atom stereocenters. The summed E-state index contributed by atoms with van der Waals surface area (Å²) in [6.07, 6.45) is 4.62. The molecule has 10 nitrogen and oxygen atoms in total. The Morgan fingerprint density at radius 1 is 1.29 bits per heavy atom. The lowest BCUT2D eigenvalue weighted by atomic mass is 10.0. The van der Waals surface area contributed by atoms with Crippen LogP contribution in [0.5, 0.6) is 5.75 Å². The van der Waals surface area contributed by atoms with Gasteiger partial charge in [-0.25, -0.2) is 18.0 Å². The maximum absolute atomic E-state index is 16.0. The van der Waals surface area contributed by atoms with Crippen molar-refractivity contribution in [3.8, 4) is 5.75 Å². The van der Waals surface area contributed by atoms with Crippen LogP contribution in [0.1, 0.15) is 48.1 Å². The van der Waals surface area contributed by atoms with Crippen molar-refractivity contribution in [3.05, 3.63) is 59.4 Å². The number of nitrogens with zero attached hydrogens (tertiary/aromatic N) is 4. The summed E-state index contributed by atoms with van der Waals surface area (Å²) < 4.78 is 70.6. The van der Waals surface area contributed by atoms with Gasteiger partial charge in [-0.2, -0.15) is 17.8 Å². The van der Waals surface area contributed by atoms with Gasteiger partial charge in [-0.05, 0) is 36.6 Å². The summed E-state index contributed by atoms with van der Waals surface area (Å²) >= 11 is 0. The summed E-state index contributed by atoms with van der Waals surface area (Å²) in [5.74, 6) is -1.77. The third kappa shape index (κ3) is 5.05. The second-order valence-corrected chi connectivity index (χ2v) is 11.2. The third-order valence-corrected chi connectivity index (χ3v) is 8.48. The van der Waals surface area contributed by atoms with E-state index < -0.39 is 27.8 Å². The maximum atomic E-state index is 16.0. The molecule has 0 radical (unpaired) electrons. The highest BCUT2D eigenvalue weighted by molar-refractivity contribution is 7.87. The topological polar surface area (TPSA) is 105 Å². The van der Waals surface area contributed by atoms with E-state index in [0.29, 0.717) is 37.5 Å². The number of nitrogens with one attached hydrogen (secondary N) is 1. The molecule has 1 N–H and O–H groups in total. The second-order valence-electron chi connectivity index (χ2n) is 9.39. The largest absolute Gasteiger partial charge is 0.488 e. The van der Waals surface area contributed by atoms with Crippen molar-refractivity contribution in [3.63, 3.8) is 0 Å². The fourth-order valence-electron chi connectivity index (χ4n) is 4.88. The van der Waals surface area contributed by atoms with Crippen molar-refractivity contribution < 1.29 is 31.5 Å². The first-order valence-electron chi connectivity index (χ1n) is 12.4. The van der Waals surface area contributed by atoms with Crippen molar-refractivity contribution >= 4 is 27.3 Å². The molecule has 2 saturated heterocycles. The summed E-state index contributed by atoms with van der Waals surface area (Å²) in [5.41, 5.74) is 0.493. The molecule has 2 fully saturated rings. The van der Waals surface area contributed by atoms with Crippen LogP contribution < -0.4 is 14.4 Å². The van der Waals surface area contributed by atoms with E-state index in [0.717, 1.165) is 23.3 Å². The summed E-state index contributed by atoms with van der Waals surface area (Å²) in [6, 6.07) is 5.74. The Morgan fingerprint density at radius 2 is 2.11 bits per heavy atom. The Hall–Kier alpha value is -3.29. The lowest BCUT2D eigenvalue weighted by molar-refractivity contribution is 0.0980. The normalized spacial score (nSPS) is 20.0. The Kier molecular flexibility index (Phi) is 7.25. The number of carbonyl (C=O) groups excluding carboxylic acids is 1. The Morgan fingerprint density at radius 3 is 2.84 bits per heavy atom. The van der Waals surface area contributed by atoms with Crippen LogP contribution in [0.2, 0.25) is 0 Å². The molecule has 5 rings (SSSR count). The zero-order chi connectivity index (χ0) is 27.0. The molecular weight excluding hydrogens is 520 g/mol. The van der Waals surface area contributed by atoms with Gasteiger partial charge in [0.25, 0.3) is 5.91 Å². The molecule has 13 heteroatoms. The molecule has 3 aromatic rings. The number of carbonyl (C=O) groups is 1. The van der Waals surface area contributed by atoms with Crippen molar-refractivity contribution in [2.75, 3.05) is 38.3 Å². The molecule has 2 aliphatic heterocycles. The number of halogens is 2. The molecule has 2 aliphatic rings. The van der Waals surface area contributed by atoms with Crippen molar-refractivity contribution in [2.45, 2.75) is 38.3 Å². The minimum atomic E-state index is -4.10. The number of benzene rings is 1. The van der Waals surface area contributed by atoms with Gasteiger partial charge in [0.2, 0.25) is 0 Å². The van der Waals surface area contributed by atoms with E-state index >= 15 is 4.39 Å². The summed E-state index contributed by atoms with van der Waals surface area (Å²) in [5, 5.41) is 4.03. The number of hydrogen-bond donors (Lipinski definition) is 1. The average Bonchev–Trinajstić information content (AvgIpc) is 3.64. The minimum Gasteiger partial charge on any atom is -0.488 e. The number of fused-ring (bicyclic) bond motifs is 1. The first-order chi connectivity index (χ1) is 18.2. The van der Waals surface area contributed by atoms with E-state index in [1.807, 2.05) is 9.62 Å². The quantitative estimate of drug-likeness (QED) is 0.461. The first-order valence-corrected chi connectivity index (χ1v) is 13.9. The number of rotatable bonds is 8. The molecule has 0 spiro atoms. The molecule has 38 heavy (non-hydrogen) atoms. The van der Waals surface area contributed by atoms with Gasteiger partial charge in [0.1, 0.15) is 23.2 Å². The number of pyridine rings is 1. The summed E-state index contributed by atoms with van der Waals surface area (Å²) in [4.78, 5) is 14.7. The van der Waals surface area contributed by atoms with Crippen molar-refractivity contribution in [1.29, 1.82) is 0 Å². The van der Waals surface area contributed by atoms with E-state index in [1.54, 1.807) is 19.1 Å². The van der Waals surface area contributed by atoms with Crippen LogP contribution >= 0.6 is 0 Å². The van der Waals surface area contributed by atoms with Crippen LogP contribution in [0, 0.1) is 11.6 Å². The lowest BCUT2D eigenvalue weighted by Gasteiger charge is -2.28. The highest BCUT2D eigenvalue weighted by Crippen LogP contribution is 2.40. The van der Waals surface area contributed by atoms with Gasteiger partial charge < -0.3 is 14.4 Å². The lowest BCUT2D eigenvalue weighted by Crippen LogP contribution is -2.41. The van der Waals surface area contributed by atoms with E-state index in [2.05, 4.69) is 5.10 Å². The smallest absolute Gasteiger partial charge is 0.303 e. The van der Waals surface area contributed by atoms with Crippen LogP contribution in [-0.4, -0.2) is 67.7 Å². The Labute approximate surface area is 219 Å². The van der Waals surface area contributed by atoms with Gasteiger partial charge in [-0.3, -0.25) is 4.79 Å². The monoisotopic (exact) mass is 549 g/mol. The molecule has 204 valence electrons. The Bertz CT molecular complexity index is 1460. The zero-order valence-electron chi connectivity index (χ0n) is 21.1. The second kappa shape index (κ2) is 10.5. The van der Waals surface area contributed by atoms with Gasteiger partial charge in [0.15, 0.2) is 5.82 Å². The number of hydrogen-bond acceptors (Lipinski definition) is 7. The molecule has 0 saturated carbocycles. The molecule has 1 aromatic carbocycles. The van der Waals surface area contributed by atoms with Gasteiger partial charge >= 0.3 is 10.2 Å². The highest BCUT2D eigenvalue weighted by Gasteiger charge is 2.32. The minimum absolute atomic E-state index is 0.142. The Balaban J connectivity index is 1.46. The summed E-state index contributed by atoms with van der Waals surface area (Å²) in [6.45, 7) is 3.32. The van der Waals surface area contributed by atoms with E-state index in [1.165, 1.54) is 29.9 Å². The zero-order valence-corrected chi connectivity index (χ0v) is 21.9. The van der Waals surface area contributed by atoms with Crippen LogP contribution in [0.25, 0.3) is 5.52 Å². The van der Waals surface area contributed by atoms with Crippen LogP contribution in [0.3, 0.4) is 0 Å². The van der Waals surface area contributed by atoms with Gasteiger partial charge in [0, 0.05) is 38.8 Å². The number of aromatic nitrogens is 2. The average molecular weight is 550 g/mol. The van der Waals surface area contributed by atoms with Crippen LogP contribution in [0.15, 0.2) is 36.7 Å². The predicted molar refractivity (Wildman–Crippen MR) is 135 cm³/mol. The van der Waals surface area contributed by atoms with E-state index in [-0.39, 0.29) is 35.5 Å². The third-order valence-electron chi connectivity index (χ3n) is 6.96. The van der Waals surface area contributed by atoms with Crippen molar-refractivity contribution in [2.24, 2.45) is 0 Å². The molecule has 0 aliphatic carbocycles. The fraction of sp³-hybridized carbons (Fsp3) is 0.440. The standard InChI is InChI=1S/C25H29F2N5O5S/c1-3-30(2)38(34,35)29-25(33)20-14-28-32-9-6-22(23(27)24(20)32)31-8-4-5-21(31)16-11-17(26)13-19(12-16)37-18-7-10-36-15-18/h6,9,11-14,18,21H,3-5,7-8,10,15H2,1-2H3,(H,29,33)/t18-,21+/m0/s1. The fourth-order valence-corrected chi connectivity index (χ4v) is 5.72. The van der Waals surface area contributed by atoms with Crippen LogP contribution in [0.4, 0.5) is 14.5 Å². The number of anilines is 1. The first kappa shape index (κ1) is 26.3. The summed E-state index contributed by atoms with van der Waals surface area (Å²) in [7, 11) is -2.77. The van der Waals surface area contributed by atoms with E-state index in [4.69, 9.17) is 9.47 Å².